The summed E-state index contributed by atoms with van der Waals surface area (Å²) < 4.78 is 8.39. The minimum atomic E-state index is -0.236. The van der Waals surface area contributed by atoms with Gasteiger partial charge in [0.2, 0.25) is 0 Å². The Morgan fingerprint density at radius 1 is 1.25 bits per heavy atom. The molecule has 1 aliphatic heterocycles. The molecule has 2 bridgehead atoms. The highest BCUT2D eigenvalue weighted by Crippen LogP contribution is 2.60. The molecule has 4 fully saturated rings. The van der Waals surface area contributed by atoms with Crippen LogP contribution in [0.25, 0.3) is 0 Å². The van der Waals surface area contributed by atoms with E-state index >= 15 is 0 Å². The topological polar surface area (TPSA) is 29.5 Å². The number of hydrogen-bond donors (Lipinski definition) is 0. The van der Waals surface area contributed by atoms with Crippen LogP contribution in [-0.2, 0) is 9.53 Å². The highest BCUT2D eigenvalue weighted by atomic mass is 32.2. The molecular formula is C16H23NO2S. The standard InChI is InChI=1S/C16H23NO2S/c1-2-14(18)19-16-10-8-12-13(9-10)20-17(15(12)16)11-6-4-3-5-7-11/h2,10-13,15-16H,1,3-9H2. The quantitative estimate of drug-likeness (QED) is 0.454. The number of esters is 1. The molecule has 3 aliphatic carbocycles. The van der Waals surface area contributed by atoms with Crippen LogP contribution >= 0.6 is 11.9 Å². The fourth-order valence-corrected chi connectivity index (χ4v) is 6.79. The van der Waals surface area contributed by atoms with Gasteiger partial charge in [-0.1, -0.05) is 37.8 Å². The Hall–Kier alpha value is -0.480. The number of carbonyl (C=O) groups excluding carboxylic acids is 1. The molecule has 0 spiro atoms. The zero-order valence-electron chi connectivity index (χ0n) is 11.9. The van der Waals surface area contributed by atoms with Crippen LogP contribution in [0.3, 0.4) is 0 Å². The van der Waals surface area contributed by atoms with Crippen molar-refractivity contribution in [3.63, 3.8) is 0 Å². The molecule has 3 nitrogen and oxygen atoms in total. The summed E-state index contributed by atoms with van der Waals surface area (Å²) in [6.07, 6.45) is 10.7. The first kappa shape index (κ1) is 13.2. The van der Waals surface area contributed by atoms with Crippen molar-refractivity contribution in [1.29, 1.82) is 0 Å². The first-order chi connectivity index (χ1) is 9.78. The number of carbonyl (C=O) groups is 1. The number of nitrogens with zero attached hydrogens (tertiary/aromatic N) is 1. The van der Waals surface area contributed by atoms with Crippen LogP contribution in [0.15, 0.2) is 12.7 Å². The molecule has 0 aromatic carbocycles. The summed E-state index contributed by atoms with van der Waals surface area (Å²) in [6.45, 7) is 3.54. The van der Waals surface area contributed by atoms with Crippen LogP contribution in [0.4, 0.5) is 0 Å². The smallest absolute Gasteiger partial charge is 0.330 e. The molecule has 5 atom stereocenters. The lowest BCUT2D eigenvalue weighted by molar-refractivity contribution is -0.148. The van der Waals surface area contributed by atoms with Crippen molar-refractivity contribution >= 4 is 17.9 Å². The maximum atomic E-state index is 11.6. The maximum absolute atomic E-state index is 11.6. The van der Waals surface area contributed by atoms with Gasteiger partial charge in [-0.15, -0.1) is 0 Å². The van der Waals surface area contributed by atoms with E-state index in [1.54, 1.807) is 0 Å². The predicted octanol–water partition coefficient (Wildman–Crippen LogP) is 3.16. The third-order valence-corrected chi connectivity index (χ3v) is 7.33. The highest BCUT2D eigenvalue weighted by Gasteiger charge is 2.62. The third-order valence-electron chi connectivity index (χ3n) is 5.73. The lowest BCUT2D eigenvalue weighted by Crippen LogP contribution is -2.46. The first-order valence-electron chi connectivity index (χ1n) is 8.06. The van der Waals surface area contributed by atoms with E-state index < -0.39 is 0 Å². The zero-order chi connectivity index (χ0) is 13.7. The molecule has 4 rings (SSSR count). The molecular weight excluding hydrogens is 270 g/mol. The van der Waals surface area contributed by atoms with Crippen molar-refractivity contribution < 1.29 is 9.53 Å². The summed E-state index contributed by atoms with van der Waals surface area (Å²) in [5, 5.41) is 0.797. The molecule has 20 heavy (non-hydrogen) atoms. The van der Waals surface area contributed by atoms with Gasteiger partial charge >= 0.3 is 5.97 Å². The van der Waals surface area contributed by atoms with Gasteiger partial charge in [-0.05, 0) is 37.5 Å². The fourth-order valence-electron chi connectivity index (χ4n) is 4.92. The van der Waals surface area contributed by atoms with E-state index in [1.165, 1.54) is 51.0 Å². The van der Waals surface area contributed by atoms with E-state index in [2.05, 4.69) is 22.8 Å². The Labute approximate surface area is 125 Å². The van der Waals surface area contributed by atoms with Gasteiger partial charge < -0.3 is 4.74 Å². The Morgan fingerprint density at radius 2 is 2.05 bits per heavy atom. The van der Waals surface area contributed by atoms with Gasteiger partial charge in [-0.3, -0.25) is 0 Å². The molecule has 3 saturated carbocycles. The van der Waals surface area contributed by atoms with Crippen LogP contribution in [0, 0.1) is 11.8 Å². The van der Waals surface area contributed by atoms with Crippen LogP contribution < -0.4 is 0 Å². The monoisotopic (exact) mass is 293 g/mol. The summed E-state index contributed by atoms with van der Waals surface area (Å²) in [6, 6.07) is 1.20. The molecule has 1 saturated heterocycles. The highest BCUT2D eigenvalue weighted by molar-refractivity contribution is 7.98. The third kappa shape index (κ3) is 1.95. The second-order valence-electron chi connectivity index (χ2n) is 6.79. The lowest BCUT2D eigenvalue weighted by atomic mass is 9.89. The van der Waals surface area contributed by atoms with E-state index in [0.29, 0.717) is 18.0 Å². The average Bonchev–Trinajstić information content (AvgIpc) is 3.09. The van der Waals surface area contributed by atoms with E-state index in [-0.39, 0.29) is 12.1 Å². The summed E-state index contributed by atoms with van der Waals surface area (Å²) >= 11 is 2.09. The van der Waals surface area contributed by atoms with Crippen molar-refractivity contribution in [2.24, 2.45) is 11.8 Å². The van der Waals surface area contributed by atoms with Gasteiger partial charge in [0.15, 0.2) is 0 Å². The van der Waals surface area contributed by atoms with E-state index in [1.807, 2.05) is 0 Å². The van der Waals surface area contributed by atoms with E-state index in [4.69, 9.17) is 4.74 Å². The predicted molar refractivity (Wildman–Crippen MR) is 80.2 cm³/mol. The minimum absolute atomic E-state index is 0.124. The number of fused-ring (bicyclic) bond motifs is 1. The molecule has 5 unspecified atom stereocenters. The van der Waals surface area contributed by atoms with Crippen LogP contribution in [0.5, 0.6) is 0 Å². The lowest BCUT2D eigenvalue weighted by Gasteiger charge is -2.36. The second-order valence-corrected chi connectivity index (χ2v) is 8.03. The minimum Gasteiger partial charge on any atom is -0.457 e. The Kier molecular flexibility index (Phi) is 3.34. The van der Waals surface area contributed by atoms with Crippen molar-refractivity contribution in [2.75, 3.05) is 0 Å². The Bertz CT molecular complexity index is 419. The number of rotatable bonds is 3. The van der Waals surface area contributed by atoms with Gasteiger partial charge in [-0.2, -0.15) is 0 Å². The van der Waals surface area contributed by atoms with Crippen LogP contribution in [0.1, 0.15) is 44.9 Å². The molecule has 0 aromatic rings. The average molecular weight is 293 g/mol. The first-order valence-corrected chi connectivity index (χ1v) is 8.89. The van der Waals surface area contributed by atoms with Crippen molar-refractivity contribution in [3.8, 4) is 0 Å². The van der Waals surface area contributed by atoms with Gasteiger partial charge in [0.1, 0.15) is 6.10 Å². The summed E-state index contributed by atoms with van der Waals surface area (Å²) in [5.74, 6) is 1.12. The molecule has 4 heteroatoms. The van der Waals surface area contributed by atoms with Gasteiger partial charge in [0.25, 0.3) is 0 Å². The zero-order valence-corrected chi connectivity index (χ0v) is 12.7. The molecule has 0 aromatic heterocycles. The molecule has 0 radical (unpaired) electrons. The van der Waals surface area contributed by atoms with Gasteiger partial charge in [0.05, 0.1) is 6.04 Å². The van der Waals surface area contributed by atoms with Crippen molar-refractivity contribution in [1.82, 2.24) is 4.31 Å². The molecule has 0 N–H and O–H groups in total. The van der Waals surface area contributed by atoms with Crippen LogP contribution in [0.2, 0.25) is 0 Å². The summed E-state index contributed by atoms with van der Waals surface area (Å²) in [5.41, 5.74) is 0. The van der Waals surface area contributed by atoms with Gasteiger partial charge in [-0.25, -0.2) is 9.10 Å². The van der Waals surface area contributed by atoms with Crippen molar-refractivity contribution in [2.45, 2.75) is 68.4 Å². The summed E-state index contributed by atoms with van der Waals surface area (Å²) in [4.78, 5) is 11.6. The number of hydrogen-bond acceptors (Lipinski definition) is 4. The maximum Gasteiger partial charge on any atom is 0.330 e. The summed E-state index contributed by atoms with van der Waals surface area (Å²) in [7, 11) is 0. The largest absolute Gasteiger partial charge is 0.457 e. The Morgan fingerprint density at radius 3 is 2.80 bits per heavy atom. The fraction of sp³-hybridized carbons (Fsp3) is 0.812. The van der Waals surface area contributed by atoms with E-state index in [9.17, 15) is 4.79 Å². The normalized spacial score (nSPS) is 43.9. The molecule has 0 amide bonds. The van der Waals surface area contributed by atoms with E-state index in [0.717, 1.165) is 11.2 Å². The Balaban J connectivity index is 1.54. The van der Waals surface area contributed by atoms with Gasteiger partial charge in [0, 0.05) is 17.4 Å². The SMILES string of the molecule is C=CC(=O)OC1C2CC3SN(C4CCCCC4)C1C3C2. The van der Waals surface area contributed by atoms with Crippen LogP contribution in [-0.4, -0.2) is 33.7 Å². The molecule has 1 heterocycles. The number of ether oxygens (including phenoxy) is 1. The second kappa shape index (κ2) is 5.06. The molecule has 4 aliphatic rings. The molecule has 110 valence electrons. The van der Waals surface area contributed by atoms with Crippen molar-refractivity contribution in [3.05, 3.63) is 12.7 Å².